The van der Waals surface area contributed by atoms with E-state index in [1.54, 1.807) is 0 Å². The average Bonchev–Trinajstić information content (AvgIpc) is 3.92. The highest BCUT2D eigenvalue weighted by Gasteiger charge is 2.46. The first-order valence-corrected chi connectivity index (χ1v) is 20.1. The zero-order chi connectivity index (χ0) is 38.2. The lowest BCUT2D eigenvalue weighted by Crippen LogP contribution is -2.30. The van der Waals surface area contributed by atoms with Crippen LogP contribution in [-0.4, -0.2) is 4.98 Å². The van der Waals surface area contributed by atoms with Gasteiger partial charge in [-0.15, -0.1) is 0 Å². The first kappa shape index (κ1) is 32.7. The molecule has 0 radical (unpaired) electrons. The zero-order valence-electron chi connectivity index (χ0n) is 31.7. The zero-order valence-corrected chi connectivity index (χ0v) is 31.7. The number of fused-ring (bicyclic) bond motifs is 10. The summed E-state index contributed by atoms with van der Waals surface area (Å²) in [6, 6.07) is 71.6. The number of rotatable bonds is 5. The van der Waals surface area contributed by atoms with Gasteiger partial charge >= 0.3 is 0 Å². The third-order valence-corrected chi connectivity index (χ3v) is 12.7. The number of aromatic nitrogens is 1. The van der Waals surface area contributed by atoms with Gasteiger partial charge in [0, 0.05) is 40.7 Å². The molecule has 0 fully saturated rings. The third kappa shape index (κ3) is 4.77. The van der Waals surface area contributed by atoms with E-state index in [2.05, 4.69) is 217 Å². The minimum atomic E-state index is -0.488. The summed E-state index contributed by atoms with van der Waals surface area (Å²) < 4.78 is 0. The molecule has 0 saturated carbocycles. The van der Waals surface area contributed by atoms with E-state index in [-0.39, 0.29) is 6.17 Å². The first-order chi connectivity index (χ1) is 28.8. The fourth-order valence-corrected chi connectivity index (χ4v) is 10.0. The van der Waals surface area contributed by atoms with E-state index in [0.29, 0.717) is 0 Å². The summed E-state index contributed by atoms with van der Waals surface area (Å²) >= 11 is 0. The predicted molar refractivity (Wildman–Crippen MR) is 238 cm³/mol. The van der Waals surface area contributed by atoms with Crippen LogP contribution < -0.4 is 10.2 Å². The Morgan fingerprint density at radius 1 is 0.466 bits per heavy atom. The molecule has 58 heavy (non-hydrogen) atoms. The molecule has 0 bridgehead atoms. The highest BCUT2D eigenvalue weighted by molar-refractivity contribution is 5.95. The summed E-state index contributed by atoms with van der Waals surface area (Å²) in [5, 5.41) is 5.89. The Balaban J connectivity index is 0.967. The van der Waals surface area contributed by atoms with Crippen LogP contribution in [0.1, 0.15) is 34.0 Å². The molecule has 0 saturated heterocycles. The molecule has 0 amide bonds. The SMILES string of the molecule is C1=CN2c3ccc(-c4ccc(C5(c6ccc(-c7cccc(-c8nccc9ccccc89)c7)cc6)c6ccccc6-c6ccccc65)cc4)cc3-c3ccccc3C2N1. The molecule has 3 heterocycles. The van der Waals surface area contributed by atoms with Gasteiger partial charge in [-0.25, -0.2) is 0 Å². The van der Waals surface area contributed by atoms with Crippen LogP contribution in [0, 0.1) is 0 Å². The molecule has 12 rings (SSSR count). The minimum Gasteiger partial charge on any atom is -0.366 e. The smallest absolute Gasteiger partial charge is 0.130 e. The van der Waals surface area contributed by atoms with Gasteiger partial charge in [-0.2, -0.15) is 0 Å². The Bertz CT molecular complexity index is 3050. The molecule has 3 aliphatic rings. The van der Waals surface area contributed by atoms with Crippen molar-refractivity contribution >= 4 is 16.5 Å². The third-order valence-electron chi connectivity index (χ3n) is 12.7. The molecule has 1 N–H and O–H groups in total. The number of nitrogens with zero attached hydrogens (tertiary/aromatic N) is 2. The molecule has 0 spiro atoms. The second-order valence-electron chi connectivity index (χ2n) is 15.6. The summed E-state index contributed by atoms with van der Waals surface area (Å²) in [6.45, 7) is 0. The van der Waals surface area contributed by atoms with Crippen molar-refractivity contribution in [3.8, 4) is 55.8 Å². The van der Waals surface area contributed by atoms with Crippen molar-refractivity contribution in [2.24, 2.45) is 0 Å². The fraction of sp³-hybridized carbons (Fsp3) is 0.0364. The Hall–Kier alpha value is -7.49. The highest BCUT2D eigenvalue weighted by Crippen LogP contribution is 2.56. The molecule has 9 aromatic rings. The Kier molecular flexibility index (Phi) is 7.21. The average molecular weight is 740 g/mol. The number of benzene rings is 8. The first-order valence-electron chi connectivity index (χ1n) is 20.1. The van der Waals surface area contributed by atoms with Crippen molar-refractivity contribution in [2.45, 2.75) is 11.6 Å². The number of hydrogen-bond acceptors (Lipinski definition) is 3. The summed E-state index contributed by atoms with van der Waals surface area (Å²) in [5.74, 6) is 0. The molecule has 1 aliphatic carbocycles. The van der Waals surface area contributed by atoms with Gasteiger partial charge in [-0.05, 0) is 90.8 Å². The molecular formula is C55H37N3. The highest BCUT2D eigenvalue weighted by atomic mass is 15.3. The van der Waals surface area contributed by atoms with Crippen LogP contribution in [-0.2, 0) is 5.41 Å². The predicted octanol–water partition coefficient (Wildman–Crippen LogP) is 13.2. The van der Waals surface area contributed by atoms with Crippen molar-refractivity contribution < 1.29 is 0 Å². The van der Waals surface area contributed by atoms with Crippen molar-refractivity contribution in [1.82, 2.24) is 10.3 Å². The second kappa shape index (κ2) is 12.8. The molecular weight excluding hydrogens is 703 g/mol. The van der Waals surface area contributed by atoms with E-state index in [0.717, 1.165) is 16.6 Å². The summed E-state index contributed by atoms with van der Waals surface area (Å²) in [4.78, 5) is 7.16. The van der Waals surface area contributed by atoms with E-state index in [1.165, 1.54) is 83.4 Å². The number of nitrogens with one attached hydrogen (secondary N) is 1. The van der Waals surface area contributed by atoms with E-state index < -0.39 is 5.41 Å². The molecule has 1 aromatic heterocycles. The molecule has 1 atom stereocenters. The lowest BCUT2D eigenvalue weighted by Gasteiger charge is -2.35. The van der Waals surface area contributed by atoms with Gasteiger partial charge in [0.05, 0.1) is 16.8 Å². The van der Waals surface area contributed by atoms with Crippen LogP contribution in [0.3, 0.4) is 0 Å². The van der Waals surface area contributed by atoms with Gasteiger partial charge < -0.3 is 10.2 Å². The molecule has 272 valence electrons. The Morgan fingerprint density at radius 3 is 1.81 bits per heavy atom. The molecule has 1 unspecified atom stereocenters. The summed E-state index contributed by atoms with van der Waals surface area (Å²) in [6.07, 6.45) is 6.24. The van der Waals surface area contributed by atoms with Gasteiger partial charge in [0.1, 0.15) is 6.17 Å². The Labute approximate surface area is 338 Å². The number of anilines is 1. The second-order valence-corrected chi connectivity index (χ2v) is 15.6. The van der Waals surface area contributed by atoms with Gasteiger partial charge in [0.25, 0.3) is 0 Å². The maximum absolute atomic E-state index is 4.82. The van der Waals surface area contributed by atoms with Gasteiger partial charge in [0.15, 0.2) is 0 Å². The topological polar surface area (TPSA) is 28.2 Å². The van der Waals surface area contributed by atoms with Crippen molar-refractivity contribution in [2.75, 3.05) is 4.90 Å². The van der Waals surface area contributed by atoms with Crippen LogP contribution in [0.15, 0.2) is 213 Å². The van der Waals surface area contributed by atoms with Crippen molar-refractivity contribution in [3.05, 3.63) is 241 Å². The van der Waals surface area contributed by atoms with E-state index in [9.17, 15) is 0 Å². The van der Waals surface area contributed by atoms with Gasteiger partial charge in [0.2, 0.25) is 0 Å². The standard InChI is InChI=1S/C55H37N3/c1-2-13-44-38(10-1)30-31-56-53(44)41-12-9-11-39(34-41)36-20-25-42(26-21-36)55(50-18-7-5-15-46(50)47-16-6-8-19-51(47)55)43-27-22-37(23-28-43)40-24-29-52-49(35-40)45-14-3-4-17-48(45)54-57-32-33-58(52)54/h1-35,54,57H. The lowest BCUT2D eigenvalue weighted by molar-refractivity contribution is 0.663. The minimum absolute atomic E-state index is 0.133. The van der Waals surface area contributed by atoms with E-state index >= 15 is 0 Å². The maximum atomic E-state index is 4.82. The lowest BCUT2D eigenvalue weighted by atomic mass is 9.67. The molecule has 3 nitrogen and oxygen atoms in total. The quantitative estimate of drug-likeness (QED) is 0.190. The number of hydrogen-bond donors (Lipinski definition) is 1. The van der Waals surface area contributed by atoms with Gasteiger partial charge in [-0.1, -0.05) is 170 Å². The summed E-state index contributed by atoms with van der Waals surface area (Å²) in [5.41, 5.74) is 19.2. The molecule has 3 heteroatoms. The van der Waals surface area contributed by atoms with Crippen LogP contribution in [0.4, 0.5) is 5.69 Å². The van der Waals surface area contributed by atoms with Crippen molar-refractivity contribution in [3.63, 3.8) is 0 Å². The van der Waals surface area contributed by atoms with Gasteiger partial charge in [-0.3, -0.25) is 4.98 Å². The van der Waals surface area contributed by atoms with Crippen LogP contribution in [0.25, 0.3) is 66.5 Å². The van der Waals surface area contributed by atoms with E-state index in [4.69, 9.17) is 4.98 Å². The molecule has 8 aromatic carbocycles. The largest absolute Gasteiger partial charge is 0.366 e. The van der Waals surface area contributed by atoms with Crippen LogP contribution in [0.5, 0.6) is 0 Å². The van der Waals surface area contributed by atoms with E-state index in [1.807, 2.05) is 6.20 Å². The molecule has 2 aliphatic heterocycles. The fourth-order valence-electron chi connectivity index (χ4n) is 10.0. The number of pyridine rings is 1. The monoisotopic (exact) mass is 739 g/mol. The van der Waals surface area contributed by atoms with Crippen molar-refractivity contribution in [1.29, 1.82) is 0 Å². The van der Waals surface area contributed by atoms with Crippen LogP contribution in [0.2, 0.25) is 0 Å². The normalized spacial score (nSPS) is 15.2. The van der Waals surface area contributed by atoms with Crippen LogP contribution >= 0.6 is 0 Å². The Morgan fingerprint density at radius 2 is 1.07 bits per heavy atom. The summed E-state index contributed by atoms with van der Waals surface area (Å²) in [7, 11) is 0. The maximum Gasteiger partial charge on any atom is 0.130 e.